The molecule has 29 heavy (non-hydrogen) atoms. The van der Waals surface area contributed by atoms with Crippen molar-refractivity contribution in [2.45, 2.75) is 20.8 Å². The Kier molecular flexibility index (Phi) is 5.83. The van der Waals surface area contributed by atoms with E-state index in [1.54, 1.807) is 0 Å². The highest BCUT2D eigenvalue weighted by atomic mass is 16.5. The Labute approximate surface area is 171 Å². The van der Waals surface area contributed by atoms with Crippen LogP contribution in [0, 0.1) is 20.8 Å². The Morgan fingerprint density at radius 2 is 1.48 bits per heavy atom. The summed E-state index contributed by atoms with van der Waals surface area (Å²) in [5.74, 6) is -1.19. The van der Waals surface area contributed by atoms with Gasteiger partial charge < -0.3 is 9.47 Å². The van der Waals surface area contributed by atoms with Crippen molar-refractivity contribution in [1.82, 2.24) is 0 Å². The smallest absolute Gasteiger partial charge is 0.338 e. The zero-order valence-corrected chi connectivity index (χ0v) is 17.3. The Morgan fingerprint density at radius 1 is 0.828 bits per heavy atom. The Morgan fingerprint density at radius 3 is 2.10 bits per heavy atom. The minimum Gasteiger partial charge on any atom is -0.466 e. The minimum atomic E-state index is -0.607. The van der Waals surface area contributed by atoms with E-state index < -0.39 is 11.9 Å². The second-order valence-corrected chi connectivity index (χ2v) is 7.06. The van der Waals surface area contributed by atoms with Crippen molar-refractivity contribution < 1.29 is 19.1 Å². The van der Waals surface area contributed by atoms with Crippen LogP contribution < -0.4 is 0 Å². The van der Waals surface area contributed by atoms with Crippen LogP contribution in [0.25, 0.3) is 27.8 Å². The van der Waals surface area contributed by atoms with Crippen molar-refractivity contribution in [3.05, 3.63) is 76.9 Å². The van der Waals surface area contributed by atoms with Gasteiger partial charge in [0.05, 0.1) is 19.8 Å². The number of ether oxygens (including phenoxy) is 2. The van der Waals surface area contributed by atoms with Crippen LogP contribution in [0.1, 0.15) is 22.3 Å². The maximum absolute atomic E-state index is 12.7. The predicted octanol–water partition coefficient (Wildman–Crippen LogP) is 5.11. The molecule has 3 rings (SSSR count). The molecule has 2 aliphatic rings. The van der Waals surface area contributed by atoms with E-state index in [2.05, 4.69) is 25.1 Å². The summed E-state index contributed by atoms with van der Waals surface area (Å²) in [5, 5.41) is 0. The molecule has 0 unspecified atom stereocenters. The molecule has 1 aromatic rings. The maximum Gasteiger partial charge on any atom is 0.338 e. The predicted molar refractivity (Wildman–Crippen MR) is 115 cm³/mol. The molecule has 0 spiro atoms. The van der Waals surface area contributed by atoms with Gasteiger partial charge >= 0.3 is 11.9 Å². The highest BCUT2D eigenvalue weighted by molar-refractivity contribution is 6.24. The number of carbonyl (C=O) groups is 2. The number of hydrogen-bond donors (Lipinski definition) is 0. The molecular formula is C25H24O4. The average Bonchev–Trinajstić information content (AvgIpc) is 3.07. The Bertz CT molecular complexity index is 1080. The number of methoxy groups -OCH3 is 2. The Hall–Kier alpha value is -3.40. The van der Waals surface area contributed by atoms with E-state index in [-0.39, 0.29) is 5.57 Å². The first kappa shape index (κ1) is 20.3. The second kappa shape index (κ2) is 8.31. The molecule has 0 saturated carbocycles. The van der Waals surface area contributed by atoms with Crippen LogP contribution in [0.5, 0.6) is 0 Å². The fourth-order valence-electron chi connectivity index (χ4n) is 3.80. The summed E-state index contributed by atoms with van der Waals surface area (Å²) in [6, 6.07) is 16.1. The molecule has 0 fully saturated rings. The fourth-order valence-corrected chi connectivity index (χ4v) is 3.80. The number of hydrogen-bond acceptors (Lipinski definition) is 4. The van der Waals surface area contributed by atoms with Gasteiger partial charge in [-0.2, -0.15) is 0 Å². The molecule has 0 amide bonds. The van der Waals surface area contributed by atoms with E-state index >= 15 is 0 Å². The molecule has 4 nitrogen and oxygen atoms in total. The molecule has 1 aromatic carbocycles. The van der Waals surface area contributed by atoms with Crippen LogP contribution in [-0.2, 0) is 19.1 Å². The summed E-state index contributed by atoms with van der Waals surface area (Å²) in [5.41, 5.74) is 7.88. The summed E-state index contributed by atoms with van der Waals surface area (Å²) in [6.45, 7) is 6.11. The fraction of sp³-hybridized carbons (Fsp3) is 0.200. The largest absolute Gasteiger partial charge is 0.466 e. The third-order valence-corrected chi connectivity index (χ3v) is 5.01. The molecule has 0 atom stereocenters. The lowest BCUT2D eigenvalue weighted by Gasteiger charge is -2.12. The Balaban J connectivity index is 2.48. The highest BCUT2D eigenvalue weighted by Crippen LogP contribution is 2.45. The maximum atomic E-state index is 12.7. The van der Waals surface area contributed by atoms with E-state index in [1.807, 2.05) is 44.2 Å². The van der Waals surface area contributed by atoms with Gasteiger partial charge in [-0.15, -0.1) is 0 Å². The SMILES string of the molecule is COC(=O)/C=C(/C(=O)OC)c1c(-c2ccccc2)cc2c(C)cc(C)cc(C)c1-2. The minimum absolute atomic E-state index is 0.180. The molecule has 0 radical (unpaired) electrons. The van der Waals surface area contributed by atoms with Crippen molar-refractivity contribution in [2.24, 2.45) is 0 Å². The molecule has 2 aliphatic carbocycles. The van der Waals surface area contributed by atoms with Gasteiger partial charge in [0.1, 0.15) is 0 Å². The normalized spacial score (nSPS) is 11.4. The van der Waals surface area contributed by atoms with Gasteiger partial charge in [0, 0.05) is 11.6 Å². The van der Waals surface area contributed by atoms with E-state index in [0.29, 0.717) is 5.56 Å². The summed E-state index contributed by atoms with van der Waals surface area (Å²) < 4.78 is 9.82. The van der Waals surface area contributed by atoms with Crippen LogP contribution >= 0.6 is 0 Å². The number of esters is 2. The van der Waals surface area contributed by atoms with Gasteiger partial charge in [-0.3, -0.25) is 0 Å². The molecular weight excluding hydrogens is 364 g/mol. The highest BCUT2D eigenvalue weighted by Gasteiger charge is 2.27. The van der Waals surface area contributed by atoms with Crippen molar-refractivity contribution in [3.63, 3.8) is 0 Å². The first-order valence-corrected chi connectivity index (χ1v) is 9.35. The van der Waals surface area contributed by atoms with Gasteiger partial charge in [-0.25, -0.2) is 9.59 Å². The third kappa shape index (κ3) is 3.92. The van der Waals surface area contributed by atoms with E-state index in [4.69, 9.17) is 9.47 Å². The molecule has 0 aromatic heterocycles. The van der Waals surface area contributed by atoms with E-state index in [1.165, 1.54) is 20.3 Å². The standard InChI is InChI=1S/C25H24O4/c1-15-11-16(2)19-13-20(18-9-7-6-8-10-18)24(23(19)17(3)12-15)21(25(27)29-5)14-22(26)28-4/h6-14H,1-5H3/b21-14+. The van der Waals surface area contributed by atoms with E-state index in [9.17, 15) is 9.59 Å². The second-order valence-electron chi connectivity index (χ2n) is 7.06. The summed E-state index contributed by atoms with van der Waals surface area (Å²) in [4.78, 5) is 24.8. The number of carbonyl (C=O) groups excluding carboxylic acids is 2. The molecule has 0 heterocycles. The van der Waals surface area contributed by atoms with Crippen LogP contribution in [0.2, 0.25) is 0 Å². The molecule has 0 N–H and O–H groups in total. The lowest BCUT2D eigenvalue weighted by molar-refractivity contribution is -0.136. The van der Waals surface area contributed by atoms with Gasteiger partial charge in [0.2, 0.25) is 0 Å². The monoisotopic (exact) mass is 388 g/mol. The zero-order chi connectivity index (χ0) is 21.1. The van der Waals surface area contributed by atoms with Crippen LogP contribution in [0.4, 0.5) is 0 Å². The third-order valence-electron chi connectivity index (χ3n) is 5.01. The van der Waals surface area contributed by atoms with Crippen LogP contribution in [-0.4, -0.2) is 26.2 Å². The molecule has 0 aliphatic heterocycles. The van der Waals surface area contributed by atoms with Crippen molar-refractivity contribution in [2.75, 3.05) is 14.2 Å². The topological polar surface area (TPSA) is 52.6 Å². The number of aryl methyl sites for hydroxylation is 3. The molecule has 0 bridgehead atoms. The summed E-state index contributed by atoms with van der Waals surface area (Å²) >= 11 is 0. The lowest BCUT2D eigenvalue weighted by Crippen LogP contribution is -2.08. The lowest BCUT2D eigenvalue weighted by atomic mass is 9.93. The van der Waals surface area contributed by atoms with Gasteiger partial charge in [0.25, 0.3) is 0 Å². The first-order valence-electron chi connectivity index (χ1n) is 9.35. The number of fused-ring (bicyclic) bond motifs is 1. The van der Waals surface area contributed by atoms with Gasteiger partial charge in [-0.05, 0) is 60.2 Å². The summed E-state index contributed by atoms with van der Waals surface area (Å²) in [6.07, 6.45) is 1.21. The number of benzene rings is 1. The van der Waals surface area contributed by atoms with Crippen molar-refractivity contribution in [3.8, 4) is 22.3 Å². The van der Waals surface area contributed by atoms with Crippen LogP contribution in [0.3, 0.4) is 0 Å². The van der Waals surface area contributed by atoms with E-state index in [0.717, 1.165) is 38.9 Å². The van der Waals surface area contributed by atoms with Crippen molar-refractivity contribution in [1.29, 1.82) is 0 Å². The summed E-state index contributed by atoms with van der Waals surface area (Å²) in [7, 11) is 2.59. The average molecular weight is 388 g/mol. The quantitative estimate of drug-likeness (QED) is 0.460. The van der Waals surface area contributed by atoms with Gasteiger partial charge in [0.15, 0.2) is 0 Å². The zero-order valence-electron chi connectivity index (χ0n) is 17.3. The molecule has 0 saturated heterocycles. The molecule has 148 valence electrons. The first-order chi connectivity index (χ1) is 13.9. The van der Waals surface area contributed by atoms with Crippen molar-refractivity contribution >= 4 is 17.5 Å². The van der Waals surface area contributed by atoms with Crippen LogP contribution in [0.15, 0.2) is 54.6 Å². The number of rotatable bonds is 4. The molecule has 4 heteroatoms. The van der Waals surface area contributed by atoms with Gasteiger partial charge in [-0.1, -0.05) is 48.0 Å².